The lowest BCUT2D eigenvalue weighted by Crippen LogP contribution is -1.97. The summed E-state index contributed by atoms with van der Waals surface area (Å²) in [5.41, 5.74) is 1.02. The molecule has 0 aromatic heterocycles. The molecule has 0 atom stereocenters. The van der Waals surface area contributed by atoms with Crippen molar-refractivity contribution in [2.75, 3.05) is 6.61 Å². The molecule has 0 unspecified atom stereocenters. The van der Waals surface area contributed by atoms with E-state index in [0.717, 1.165) is 5.56 Å². The highest BCUT2D eigenvalue weighted by molar-refractivity contribution is 5.93. The van der Waals surface area contributed by atoms with Crippen LogP contribution < -0.4 is 0 Å². The van der Waals surface area contributed by atoms with Gasteiger partial charge in [-0.3, -0.25) is 4.79 Å². The van der Waals surface area contributed by atoms with E-state index >= 15 is 0 Å². The number of hydrogen-bond acceptors (Lipinski definition) is 2. The lowest BCUT2D eigenvalue weighted by Gasteiger charge is -1.96. The fourth-order valence-electron chi connectivity index (χ4n) is 1.08. The van der Waals surface area contributed by atoms with E-state index in [-0.39, 0.29) is 5.78 Å². The summed E-state index contributed by atoms with van der Waals surface area (Å²) < 4.78 is 4.87. The average molecular weight is 202 g/mol. The summed E-state index contributed by atoms with van der Waals surface area (Å²) in [7, 11) is 0. The molecule has 0 radical (unpaired) electrons. The van der Waals surface area contributed by atoms with Crippen molar-refractivity contribution in [1.82, 2.24) is 0 Å². The minimum atomic E-state index is 0.0562. The van der Waals surface area contributed by atoms with Crippen molar-refractivity contribution in [3.63, 3.8) is 0 Å². The van der Waals surface area contributed by atoms with Crippen LogP contribution in [-0.4, -0.2) is 12.4 Å². The van der Waals surface area contributed by atoms with Gasteiger partial charge in [-0.1, -0.05) is 43.0 Å². The van der Waals surface area contributed by atoms with Crippen molar-refractivity contribution in [3.05, 3.63) is 54.8 Å². The normalized spacial score (nSPS) is 10.1. The molecule has 78 valence electrons. The number of carbonyl (C=O) groups excluding carboxylic acids is 1. The van der Waals surface area contributed by atoms with E-state index in [1.807, 2.05) is 30.3 Å². The van der Waals surface area contributed by atoms with Crippen LogP contribution in [0.25, 0.3) is 6.08 Å². The van der Waals surface area contributed by atoms with Gasteiger partial charge in [-0.05, 0) is 11.6 Å². The van der Waals surface area contributed by atoms with Crippen molar-refractivity contribution in [3.8, 4) is 0 Å². The third-order valence-corrected chi connectivity index (χ3v) is 1.85. The third kappa shape index (κ3) is 4.81. The van der Waals surface area contributed by atoms with E-state index in [0.29, 0.717) is 13.0 Å². The molecule has 0 aliphatic carbocycles. The molecule has 1 aromatic carbocycles. The largest absolute Gasteiger partial charge is 0.501 e. The molecule has 1 aromatic rings. The summed E-state index contributed by atoms with van der Waals surface area (Å²) in [6, 6.07) is 9.71. The number of allylic oxidation sites excluding steroid dienone is 1. The fraction of sp³-hybridized carbons (Fsp3) is 0.154. The minimum absolute atomic E-state index is 0.0562. The molecule has 2 heteroatoms. The predicted molar refractivity (Wildman–Crippen MR) is 61.2 cm³/mol. The second-order valence-electron chi connectivity index (χ2n) is 3.00. The number of carbonyl (C=O) groups is 1. The van der Waals surface area contributed by atoms with Gasteiger partial charge >= 0.3 is 0 Å². The Morgan fingerprint density at radius 3 is 2.73 bits per heavy atom. The van der Waals surface area contributed by atoms with Crippen LogP contribution in [0.2, 0.25) is 0 Å². The highest BCUT2D eigenvalue weighted by atomic mass is 16.5. The molecule has 0 fully saturated rings. The van der Waals surface area contributed by atoms with E-state index in [1.165, 1.54) is 6.26 Å². The second kappa shape index (κ2) is 6.60. The van der Waals surface area contributed by atoms with Gasteiger partial charge in [-0.25, -0.2) is 0 Å². The first-order valence-corrected chi connectivity index (χ1v) is 4.81. The molecular formula is C13H14O2. The highest BCUT2D eigenvalue weighted by Gasteiger charge is 1.95. The van der Waals surface area contributed by atoms with Crippen molar-refractivity contribution in [1.29, 1.82) is 0 Å². The maximum Gasteiger partial charge on any atom is 0.159 e. The second-order valence-corrected chi connectivity index (χ2v) is 3.00. The van der Waals surface area contributed by atoms with Gasteiger partial charge in [0.15, 0.2) is 5.78 Å². The molecule has 0 N–H and O–H groups in total. The number of hydrogen-bond donors (Lipinski definition) is 0. The maximum absolute atomic E-state index is 11.3. The van der Waals surface area contributed by atoms with Gasteiger partial charge in [0, 0.05) is 6.42 Å². The Bertz CT molecular complexity index is 339. The molecule has 0 amide bonds. The summed E-state index contributed by atoms with van der Waals surface area (Å²) in [5.74, 6) is 0.0562. The van der Waals surface area contributed by atoms with Gasteiger partial charge in [-0.15, -0.1) is 0 Å². The summed E-state index contributed by atoms with van der Waals surface area (Å²) in [6.07, 6.45) is 5.10. The zero-order chi connectivity index (χ0) is 10.9. The first-order chi connectivity index (χ1) is 7.33. The van der Waals surface area contributed by atoms with Gasteiger partial charge in [0.2, 0.25) is 0 Å². The van der Waals surface area contributed by atoms with Crippen LogP contribution in [0.3, 0.4) is 0 Å². The summed E-state index contributed by atoms with van der Waals surface area (Å²) in [5, 5.41) is 0. The molecule has 0 spiro atoms. The smallest absolute Gasteiger partial charge is 0.159 e. The molecule has 0 aliphatic heterocycles. The zero-order valence-electron chi connectivity index (χ0n) is 8.56. The minimum Gasteiger partial charge on any atom is -0.501 e. The fourth-order valence-corrected chi connectivity index (χ4v) is 1.08. The number of ketones is 1. The monoisotopic (exact) mass is 202 g/mol. The Balaban J connectivity index is 2.37. The molecule has 0 saturated heterocycles. The van der Waals surface area contributed by atoms with E-state index < -0.39 is 0 Å². The third-order valence-electron chi connectivity index (χ3n) is 1.85. The molecular weight excluding hydrogens is 188 g/mol. The van der Waals surface area contributed by atoms with Gasteiger partial charge < -0.3 is 4.74 Å². The van der Waals surface area contributed by atoms with Gasteiger partial charge in [-0.2, -0.15) is 0 Å². The van der Waals surface area contributed by atoms with Crippen LogP contribution in [0.1, 0.15) is 12.0 Å². The topological polar surface area (TPSA) is 26.3 Å². The Morgan fingerprint density at radius 2 is 2.07 bits per heavy atom. The van der Waals surface area contributed by atoms with Gasteiger partial charge in [0.1, 0.15) is 0 Å². The van der Waals surface area contributed by atoms with Crippen LogP contribution in [0.4, 0.5) is 0 Å². The Hall–Kier alpha value is -1.83. The van der Waals surface area contributed by atoms with E-state index in [9.17, 15) is 4.79 Å². The first kappa shape index (κ1) is 11.2. The average Bonchev–Trinajstić information content (AvgIpc) is 2.28. The van der Waals surface area contributed by atoms with Crippen molar-refractivity contribution < 1.29 is 9.53 Å². The predicted octanol–water partition coefficient (Wildman–Crippen LogP) is 2.82. The molecule has 0 heterocycles. The number of rotatable bonds is 6. The number of benzene rings is 1. The molecule has 1 rings (SSSR count). The summed E-state index contributed by atoms with van der Waals surface area (Å²) >= 11 is 0. The SMILES string of the molecule is C=COCCC(=O)C=Cc1ccccc1. The number of ether oxygens (including phenoxy) is 1. The van der Waals surface area contributed by atoms with Gasteiger partial charge in [0.25, 0.3) is 0 Å². The Labute approximate surface area is 89.9 Å². The van der Waals surface area contributed by atoms with Crippen molar-refractivity contribution in [2.24, 2.45) is 0 Å². The molecule has 0 saturated carbocycles. The van der Waals surface area contributed by atoms with E-state index in [2.05, 4.69) is 6.58 Å². The Kier molecular flexibility index (Phi) is 4.95. The standard InChI is InChI=1S/C13H14O2/c1-2-15-11-10-13(14)9-8-12-6-4-3-5-7-12/h2-9H,1,10-11H2. The van der Waals surface area contributed by atoms with Crippen molar-refractivity contribution in [2.45, 2.75) is 6.42 Å². The van der Waals surface area contributed by atoms with E-state index in [1.54, 1.807) is 12.2 Å². The van der Waals surface area contributed by atoms with Crippen molar-refractivity contribution >= 4 is 11.9 Å². The van der Waals surface area contributed by atoms with E-state index in [4.69, 9.17) is 4.74 Å². The van der Waals surface area contributed by atoms with Gasteiger partial charge in [0.05, 0.1) is 12.9 Å². The van der Waals surface area contributed by atoms with Crippen LogP contribution in [0.15, 0.2) is 49.2 Å². The molecule has 0 bridgehead atoms. The first-order valence-electron chi connectivity index (χ1n) is 4.81. The lowest BCUT2D eigenvalue weighted by molar-refractivity contribution is -0.115. The molecule has 2 nitrogen and oxygen atoms in total. The van der Waals surface area contributed by atoms with Crippen LogP contribution in [0, 0.1) is 0 Å². The molecule has 0 aliphatic rings. The highest BCUT2D eigenvalue weighted by Crippen LogP contribution is 2.01. The van der Waals surface area contributed by atoms with Crippen LogP contribution in [0.5, 0.6) is 0 Å². The lowest BCUT2D eigenvalue weighted by atomic mass is 10.2. The quantitative estimate of drug-likeness (QED) is 0.403. The Morgan fingerprint density at radius 1 is 1.33 bits per heavy atom. The maximum atomic E-state index is 11.3. The summed E-state index contributed by atoms with van der Waals surface area (Å²) in [4.78, 5) is 11.3. The van der Waals surface area contributed by atoms with Crippen LogP contribution >= 0.6 is 0 Å². The molecule has 15 heavy (non-hydrogen) atoms. The zero-order valence-corrected chi connectivity index (χ0v) is 8.56. The summed E-state index contributed by atoms with van der Waals surface area (Å²) in [6.45, 7) is 3.79. The van der Waals surface area contributed by atoms with Crippen LogP contribution in [-0.2, 0) is 9.53 Å².